The van der Waals surface area contributed by atoms with Crippen LogP contribution < -0.4 is 5.32 Å². The van der Waals surface area contributed by atoms with Gasteiger partial charge in [-0.1, -0.05) is 0 Å². The summed E-state index contributed by atoms with van der Waals surface area (Å²) in [4.78, 5) is 27.2. The summed E-state index contributed by atoms with van der Waals surface area (Å²) in [7, 11) is 3.54. The van der Waals surface area contributed by atoms with E-state index in [1.165, 1.54) is 0 Å². The van der Waals surface area contributed by atoms with E-state index in [4.69, 9.17) is 0 Å². The van der Waals surface area contributed by atoms with Gasteiger partial charge in [-0.25, -0.2) is 0 Å². The third-order valence-corrected chi connectivity index (χ3v) is 4.39. The SMILES string of the molecule is CN(C)C(=O)CCCN1CC2(CCNCC2)CC1=O. The second-order valence-corrected chi connectivity index (χ2v) is 6.13. The molecule has 2 saturated heterocycles. The molecule has 0 saturated carbocycles. The summed E-state index contributed by atoms with van der Waals surface area (Å²) < 4.78 is 0. The minimum absolute atomic E-state index is 0.142. The quantitative estimate of drug-likeness (QED) is 0.805. The van der Waals surface area contributed by atoms with E-state index in [2.05, 4.69) is 5.32 Å². The third kappa shape index (κ3) is 3.47. The Hall–Kier alpha value is -1.10. The number of nitrogens with zero attached hydrogens (tertiary/aromatic N) is 2. The van der Waals surface area contributed by atoms with Gasteiger partial charge in [0.25, 0.3) is 0 Å². The molecule has 2 aliphatic heterocycles. The second kappa shape index (κ2) is 5.90. The predicted octanol–water partition coefficient (Wildman–Crippen LogP) is 0.457. The van der Waals surface area contributed by atoms with Crippen LogP contribution in [0.15, 0.2) is 0 Å². The lowest BCUT2D eigenvalue weighted by atomic mass is 9.78. The molecular weight excluding hydrogens is 242 g/mol. The molecule has 19 heavy (non-hydrogen) atoms. The molecule has 5 nitrogen and oxygen atoms in total. The van der Waals surface area contributed by atoms with E-state index < -0.39 is 0 Å². The van der Waals surface area contributed by atoms with Crippen LogP contribution in [-0.4, -0.2) is 61.9 Å². The van der Waals surface area contributed by atoms with E-state index in [0.717, 1.165) is 45.4 Å². The van der Waals surface area contributed by atoms with Crippen LogP contribution in [-0.2, 0) is 9.59 Å². The number of hydrogen-bond donors (Lipinski definition) is 1. The van der Waals surface area contributed by atoms with E-state index in [1.54, 1.807) is 19.0 Å². The van der Waals surface area contributed by atoms with Crippen molar-refractivity contribution in [2.24, 2.45) is 5.41 Å². The highest BCUT2D eigenvalue weighted by molar-refractivity contribution is 5.79. The fourth-order valence-electron chi connectivity index (χ4n) is 3.12. The van der Waals surface area contributed by atoms with Crippen molar-refractivity contribution in [3.63, 3.8) is 0 Å². The van der Waals surface area contributed by atoms with Gasteiger partial charge in [0.1, 0.15) is 0 Å². The molecular formula is C14H25N3O2. The van der Waals surface area contributed by atoms with Gasteiger partial charge in [0.15, 0.2) is 0 Å². The lowest BCUT2D eigenvalue weighted by Crippen LogP contribution is -2.38. The summed E-state index contributed by atoms with van der Waals surface area (Å²) in [6.07, 6.45) is 4.22. The van der Waals surface area contributed by atoms with Gasteiger partial charge in [-0.05, 0) is 37.8 Å². The summed E-state index contributed by atoms with van der Waals surface area (Å²) in [6, 6.07) is 0. The molecule has 0 aromatic carbocycles. The summed E-state index contributed by atoms with van der Waals surface area (Å²) in [6.45, 7) is 3.68. The molecule has 2 heterocycles. The first kappa shape index (κ1) is 14.3. The molecule has 1 spiro atoms. The van der Waals surface area contributed by atoms with Gasteiger partial charge in [-0.2, -0.15) is 0 Å². The number of likely N-dealkylation sites (tertiary alicyclic amines) is 1. The van der Waals surface area contributed by atoms with Crippen molar-refractivity contribution in [1.82, 2.24) is 15.1 Å². The van der Waals surface area contributed by atoms with Crippen LogP contribution in [0.5, 0.6) is 0 Å². The van der Waals surface area contributed by atoms with Gasteiger partial charge in [-0.3, -0.25) is 9.59 Å². The van der Waals surface area contributed by atoms with E-state index >= 15 is 0 Å². The Morgan fingerprint density at radius 3 is 2.68 bits per heavy atom. The maximum absolute atomic E-state index is 12.1. The lowest BCUT2D eigenvalue weighted by Gasteiger charge is -2.33. The summed E-state index contributed by atoms with van der Waals surface area (Å²) >= 11 is 0. The first-order valence-electron chi connectivity index (χ1n) is 7.21. The molecule has 0 radical (unpaired) electrons. The zero-order chi connectivity index (χ0) is 13.9. The van der Waals surface area contributed by atoms with E-state index in [1.807, 2.05) is 4.90 Å². The standard InChI is InChI=1S/C14H25N3O2/c1-16(2)12(18)4-3-9-17-11-14(10-13(17)19)5-7-15-8-6-14/h15H,3-11H2,1-2H3. The highest BCUT2D eigenvalue weighted by Crippen LogP contribution is 2.39. The minimum atomic E-state index is 0.142. The monoisotopic (exact) mass is 267 g/mol. The molecule has 108 valence electrons. The Balaban J connectivity index is 1.78. The number of piperidine rings is 1. The lowest BCUT2D eigenvalue weighted by molar-refractivity contribution is -0.130. The molecule has 0 aromatic rings. The molecule has 2 rings (SSSR count). The zero-order valence-electron chi connectivity index (χ0n) is 12.1. The third-order valence-electron chi connectivity index (χ3n) is 4.39. The summed E-state index contributed by atoms with van der Waals surface area (Å²) in [5, 5.41) is 3.36. The van der Waals surface area contributed by atoms with Crippen molar-refractivity contribution in [2.45, 2.75) is 32.1 Å². The van der Waals surface area contributed by atoms with Crippen molar-refractivity contribution >= 4 is 11.8 Å². The van der Waals surface area contributed by atoms with Crippen LogP contribution in [0.1, 0.15) is 32.1 Å². The minimum Gasteiger partial charge on any atom is -0.349 e. The summed E-state index contributed by atoms with van der Waals surface area (Å²) in [5.74, 6) is 0.419. The van der Waals surface area contributed by atoms with Gasteiger partial charge in [-0.15, -0.1) is 0 Å². The maximum atomic E-state index is 12.1. The Labute approximate surface area is 115 Å². The van der Waals surface area contributed by atoms with E-state index in [0.29, 0.717) is 12.8 Å². The highest BCUT2D eigenvalue weighted by Gasteiger charge is 2.43. The number of carbonyl (C=O) groups is 2. The molecule has 2 aliphatic rings. The number of nitrogens with one attached hydrogen (secondary N) is 1. The molecule has 5 heteroatoms. The van der Waals surface area contributed by atoms with Crippen molar-refractivity contribution < 1.29 is 9.59 Å². The van der Waals surface area contributed by atoms with E-state index in [9.17, 15) is 9.59 Å². The number of carbonyl (C=O) groups excluding carboxylic acids is 2. The molecule has 0 aliphatic carbocycles. The zero-order valence-corrected chi connectivity index (χ0v) is 12.1. The summed E-state index contributed by atoms with van der Waals surface area (Å²) in [5.41, 5.74) is 0.216. The van der Waals surface area contributed by atoms with Gasteiger partial charge in [0, 0.05) is 40.0 Å². The van der Waals surface area contributed by atoms with Crippen LogP contribution in [0.25, 0.3) is 0 Å². The molecule has 0 bridgehead atoms. The Kier molecular flexibility index (Phi) is 4.45. The van der Waals surface area contributed by atoms with Crippen molar-refractivity contribution in [3.05, 3.63) is 0 Å². The first-order valence-corrected chi connectivity index (χ1v) is 7.21. The average molecular weight is 267 g/mol. The predicted molar refractivity (Wildman–Crippen MR) is 73.7 cm³/mol. The fourth-order valence-corrected chi connectivity index (χ4v) is 3.12. The van der Waals surface area contributed by atoms with Crippen LogP contribution in [0.3, 0.4) is 0 Å². The highest BCUT2D eigenvalue weighted by atomic mass is 16.2. The van der Waals surface area contributed by atoms with Crippen LogP contribution in [0.4, 0.5) is 0 Å². The molecule has 0 unspecified atom stereocenters. The molecule has 1 N–H and O–H groups in total. The smallest absolute Gasteiger partial charge is 0.223 e. The average Bonchev–Trinajstić information content (AvgIpc) is 2.66. The molecule has 2 fully saturated rings. The Morgan fingerprint density at radius 1 is 1.37 bits per heavy atom. The van der Waals surface area contributed by atoms with Crippen LogP contribution in [0.2, 0.25) is 0 Å². The normalized spacial score (nSPS) is 22.0. The fraction of sp³-hybridized carbons (Fsp3) is 0.857. The van der Waals surface area contributed by atoms with E-state index in [-0.39, 0.29) is 17.2 Å². The maximum Gasteiger partial charge on any atom is 0.223 e. The molecule has 2 amide bonds. The van der Waals surface area contributed by atoms with Crippen LogP contribution >= 0.6 is 0 Å². The van der Waals surface area contributed by atoms with Gasteiger partial charge >= 0.3 is 0 Å². The second-order valence-electron chi connectivity index (χ2n) is 6.13. The largest absolute Gasteiger partial charge is 0.349 e. The Bertz CT molecular complexity index is 349. The van der Waals surface area contributed by atoms with Crippen molar-refractivity contribution in [1.29, 1.82) is 0 Å². The molecule has 0 aromatic heterocycles. The van der Waals surface area contributed by atoms with Gasteiger partial charge < -0.3 is 15.1 Å². The number of hydrogen-bond acceptors (Lipinski definition) is 3. The van der Waals surface area contributed by atoms with Gasteiger partial charge in [0.05, 0.1) is 0 Å². The first-order chi connectivity index (χ1) is 9.02. The number of rotatable bonds is 4. The van der Waals surface area contributed by atoms with Gasteiger partial charge in [0.2, 0.25) is 11.8 Å². The van der Waals surface area contributed by atoms with Crippen LogP contribution in [0, 0.1) is 5.41 Å². The Morgan fingerprint density at radius 2 is 2.05 bits per heavy atom. The van der Waals surface area contributed by atoms with Crippen molar-refractivity contribution in [2.75, 3.05) is 40.3 Å². The molecule has 0 atom stereocenters. The topological polar surface area (TPSA) is 52.7 Å². The van der Waals surface area contributed by atoms with Crippen molar-refractivity contribution in [3.8, 4) is 0 Å². The number of amides is 2.